The van der Waals surface area contributed by atoms with Gasteiger partial charge in [0.1, 0.15) is 17.1 Å². The van der Waals surface area contributed by atoms with Crippen molar-refractivity contribution in [3.05, 3.63) is 53.6 Å². The number of ether oxygens (including phenoxy) is 3. The number of aromatic nitrogens is 3. The first-order valence-electron chi connectivity index (χ1n) is 16.8. The first kappa shape index (κ1) is 34.5. The Kier molecular flexibility index (Phi) is 11.8. The Bertz CT molecular complexity index is 1530. The fourth-order valence-electron chi connectivity index (χ4n) is 5.55. The summed E-state index contributed by atoms with van der Waals surface area (Å²) in [6, 6.07) is 12.3. The van der Waals surface area contributed by atoms with Gasteiger partial charge in [0.2, 0.25) is 11.9 Å². The molecule has 1 atom stereocenters. The second-order valence-electron chi connectivity index (χ2n) is 13.2. The quantitative estimate of drug-likeness (QED) is 0.249. The molecule has 6 rings (SSSR count). The maximum absolute atomic E-state index is 13.6. The van der Waals surface area contributed by atoms with Crippen LogP contribution in [0.5, 0.6) is 17.5 Å². The number of nitrogens with zero attached hydrogens (tertiary/aromatic N) is 4. The van der Waals surface area contributed by atoms with Crippen LogP contribution < -0.4 is 25.4 Å². The van der Waals surface area contributed by atoms with E-state index in [0.29, 0.717) is 49.8 Å². The summed E-state index contributed by atoms with van der Waals surface area (Å²) in [5.74, 6) is 1.27. The zero-order valence-corrected chi connectivity index (χ0v) is 28.1. The Hall–Kier alpha value is -4.81. The van der Waals surface area contributed by atoms with E-state index < -0.39 is 11.6 Å². The van der Waals surface area contributed by atoms with Crippen molar-refractivity contribution in [2.75, 3.05) is 36.9 Å². The maximum Gasteiger partial charge on any atom is 0.410 e. The normalized spacial score (nSPS) is 17.9. The lowest BCUT2D eigenvalue weighted by molar-refractivity contribution is 0.0185. The smallest absolute Gasteiger partial charge is 0.410 e. The molecule has 1 saturated heterocycles. The van der Waals surface area contributed by atoms with E-state index in [1.165, 1.54) is 0 Å². The summed E-state index contributed by atoms with van der Waals surface area (Å²) < 4.78 is 17.6. The zero-order chi connectivity index (χ0) is 33.9. The van der Waals surface area contributed by atoms with Gasteiger partial charge < -0.3 is 40.2 Å². The predicted octanol–water partition coefficient (Wildman–Crippen LogP) is 6.17. The lowest BCUT2D eigenvalue weighted by atomic mass is 10.0. The summed E-state index contributed by atoms with van der Waals surface area (Å²) in [7, 11) is 0. The average Bonchev–Trinajstić information content (AvgIpc) is 3.04. The Morgan fingerprint density at radius 2 is 1.62 bits per heavy atom. The van der Waals surface area contributed by atoms with Crippen LogP contribution in [0.3, 0.4) is 0 Å². The van der Waals surface area contributed by atoms with E-state index in [2.05, 4.69) is 30.9 Å². The van der Waals surface area contributed by atoms with Crippen molar-refractivity contribution in [1.82, 2.24) is 25.2 Å². The lowest BCUT2D eigenvalue weighted by Crippen LogP contribution is -2.50. The van der Waals surface area contributed by atoms with Crippen LogP contribution in [0.1, 0.15) is 88.1 Å². The third-order valence-corrected chi connectivity index (χ3v) is 7.95. The number of hydrogen-bond donors (Lipinski definition) is 4. The lowest BCUT2D eigenvalue weighted by Gasteiger charge is -2.34. The minimum absolute atomic E-state index is 0.125. The molecule has 2 aromatic carbocycles. The molecular weight excluding hydrogens is 614 g/mol. The van der Waals surface area contributed by atoms with Crippen molar-refractivity contribution in [1.29, 1.82) is 0 Å². The molecule has 258 valence electrons. The second-order valence-corrected chi connectivity index (χ2v) is 13.2. The first-order valence-corrected chi connectivity index (χ1v) is 16.8. The molecule has 3 aliphatic rings. The Balaban J connectivity index is 1.31. The fraction of sp³-hybridized carbons (Fsp3) is 0.514. The van der Waals surface area contributed by atoms with Crippen molar-refractivity contribution < 1.29 is 28.9 Å². The Morgan fingerprint density at radius 1 is 0.917 bits per heavy atom. The summed E-state index contributed by atoms with van der Waals surface area (Å²) in [6.07, 6.45) is 7.24. The van der Waals surface area contributed by atoms with Crippen molar-refractivity contribution in [2.24, 2.45) is 0 Å². The summed E-state index contributed by atoms with van der Waals surface area (Å²) in [6.45, 7) is 8.01. The van der Waals surface area contributed by atoms with Crippen LogP contribution in [0.2, 0.25) is 0 Å². The molecule has 3 aliphatic heterocycles. The van der Waals surface area contributed by atoms with Crippen molar-refractivity contribution in [3.8, 4) is 17.5 Å². The van der Waals surface area contributed by atoms with Crippen LogP contribution in [0.25, 0.3) is 0 Å². The molecule has 4 N–H and O–H groups in total. The van der Waals surface area contributed by atoms with E-state index in [4.69, 9.17) is 14.2 Å². The highest BCUT2D eigenvalue weighted by molar-refractivity contribution is 5.97. The predicted molar refractivity (Wildman–Crippen MR) is 182 cm³/mol. The maximum atomic E-state index is 13.6. The number of anilines is 3. The summed E-state index contributed by atoms with van der Waals surface area (Å²) in [4.78, 5) is 40.4. The molecule has 4 heterocycles. The van der Waals surface area contributed by atoms with E-state index >= 15 is 0 Å². The van der Waals surface area contributed by atoms with E-state index in [9.17, 15) is 14.7 Å². The molecule has 0 spiro atoms. The largest absolute Gasteiger partial charge is 0.494 e. The number of piperidine rings is 1. The summed E-state index contributed by atoms with van der Waals surface area (Å²) >= 11 is 0. The first-order chi connectivity index (χ1) is 23.1. The average molecular weight is 662 g/mol. The second kappa shape index (κ2) is 16.3. The number of nitrogens with one attached hydrogen (secondary N) is 3. The molecule has 0 aliphatic carbocycles. The Labute approximate surface area is 281 Å². The SMILES string of the molecule is CC(C)(C)OC(=O)N1CCCC(NC(=O)c2ccc3cc2OCCCCCCCCOc2ccc(cc2)CNc2nc(O)nc(n2)N3)C1. The van der Waals surface area contributed by atoms with Gasteiger partial charge in [-0.2, -0.15) is 15.0 Å². The molecule has 6 bridgehead atoms. The van der Waals surface area contributed by atoms with Crippen LogP contribution in [-0.2, 0) is 11.3 Å². The molecule has 1 aromatic heterocycles. The standard InChI is InChI=1S/C35H47N7O6/c1-35(2,3)48-34(45)42-18-10-11-26(23-42)37-30(43)28-17-14-25-21-29(28)47-20-9-7-5-4-6-8-19-46-27-15-12-24(13-16-27)22-36-31-39-32(38-25)41-33(44)40-31/h12-17,21,26H,4-11,18-20,22-23H2,1-3H3,(H,37,43)(H3,36,38,39,40,41,44). The summed E-state index contributed by atoms with van der Waals surface area (Å²) in [5.41, 5.74) is 1.35. The highest BCUT2D eigenvalue weighted by atomic mass is 16.6. The Morgan fingerprint density at radius 3 is 2.38 bits per heavy atom. The van der Waals surface area contributed by atoms with Crippen LogP contribution in [-0.4, -0.2) is 74.9 Å². The number of fused-ring (bicyclic) bond motifs is 12. The van der Waals surface area contributed by atoms with E-state index in [1.54, 1.807) is 23.1 Å². The highest BCUT2D eigenvalue weighted by Crippen LogP contribution is 2.27. The number of carbonyl (C=O) groups is 2. The van der Waals surface area contributed by atoms with Gasteiger partial charge in [-0.15, -0.1) is 0 Å². The molecule has 1 unspecified atom stereocenters. The van der Waals surface area contributed by atoms with Gasteiger partial charge in [-0.3, -0.25) is 4.79 Å². The van der Waals surface area contributed by atoms with Crippen LogP contribution in [0.15, 0.2) is 42.5 Å². The highest BCUT2D eigenvalue weighted by Gasteiger charge is 2.29. The molecule has 0 saturated carbocycles. The number of benzene rings is 2. The number of hydrogen-bond acceptors (Lipinski definition) is 11. The van der Waals surface area contributed by atoms with Crippen molar-refractivity contribution in [3.63, 3.8) is 0 Å². The van der Waals surface area contributed by atoms with Gasteiger partial charge in [-0.05, 0) is 76.3 Å². The summed E-state index contributed by atoms with van der Waals surface area (Å²) in [5, 5.41) is 19.5. The van der Waals surface area contributed by atoms with Gasteiger partial charge in [-0.1, -0.05) is 37.8 Å². The molecule has 2 amide bonds. The van der Waals surface area contributed by atoms with Crippen molar-refractivity contribution >= 4 is 29.6 Å². The topological polar surface area (TPSA) is 160 Å². The van der Waals surface area contributed by atoms with Gasteiger partial charge in [0.15, 0.2) is 0 Å². The molecule has 48 heavy (non-hydrogen) atoms. The molecule has 0 radical (unpaired) electrons. The molecule has 3 aromatic rings. The minimum Gasteiger partial charge on any atom is -0.494 e. The molecule has 13 nitrogen and oxygen atoms in total. The monoisotopic (exact) mass is 661 g/mol. The zero-order valence-electron chi connectivity index (χ0n) is 28.1. The number of rotatable bonds is 2. The van der Waals surface area contributed by atoms with Crippen LogP contribution in [0.4, 0.5) is 22.4 Å². The van der Waals surface area contributed by atoms with Gasteiger partial charge in [0.25, 0.3) is 5.91 Å². The third kappa shape index (κ3) is 10.6. The van der Waals surface area contributed by atoms with Crippen LogP contribution >= 0.6 is 0 Å². The number of likely N-dealkylation sites (tertiary alicyclic amines) is 1. The van der Waals surface area contributed by atoms with Crippen molar-refractivity contribution in [2.45, 2.75) is 90.3 Å². The van der Waals surface area contributed by atoms with Gasteiger partial charge >= 0.3 is 12.1 Å². The molecule has 13 heteroatoms. The van der Waals surface area contributed by atoms with Gasteiger partial charge in [-0.25, -0.2) is 4.79 Å². The third-order valence-electron chi connectivity index (χ3n) is 7.95. The number of carbonyl (C=O) groups excluding carboxylic acids is 2. The number of amides is 2. The minimum atomic E-state index is -0.595. The fourth-order valence-corrected chi connectivity index (χ4v) is 5.55. The molecule has 1 fully saturated rings. The van der Waals surface area contributed by atoms with E-state index in [0.717, 1.165) is 62.7 Å². The van der Waals surface area contributed by atoms with Gasteiger partial charge in [0.05, 0.1) is 18.8 Å². The number of aromatic hydroxyl groups is 1. The van der Waals surface area contributed by atoms with Crippen LogP contribution in [0, 0.1) is 0 Å². The molecular formula is C35H47N7O6. The van der Waals surface area contributed by atoms with E-state index in [-0.39, 0.29) is 29.9 Å². The van der Waals surface area contributed by atoms with E-state index in [1.807, 2.05) is 45.0 Å². The van der Waals surface area contributed by atoms with Gasteiger partial charge in [0, 0.05) is 37.4 Å².